The van der Waals surface area contributed by atoms with Crippen LogP contribution in [0, 0.1) is 0 Å². The Morgan fingerprint density at radius 1 is 1.23 bits per heavy atom. The van der Waals surface area contributed by atoms with E-state index in [0.29, 0.717) is 9.87 Å². The Morgan fingerprint density at radius 3 is 2.36 bits per heavy atom. The van der Waals surface area contributed by atoms with Crippen LogP contribution in [-0.4, -0.2) is 57.6 Å². The summed E-state index contributed by atoms with van der Waals surface area (Å²) in [6.07, 6.45) is 0. The molecule has 8 nitrogen and oxygen atoms in total. The standard InChI is InChI=1S/C13H17NO7S/c1-14(7-12(15)16)22(18,19)11-5-9(8-20-2)4-10(6-11)13(17)21-3/h4-6H,7-8H2,1-3H3,(H,15,16). The molecule has 1 rings (SSSR count). The fourth-order valence-electron chi connectivity index (χ4n) is 1.75. The summed E-state index contributed by atoms with van der Waals surface area (Å²) >= 11 is 0. The summed E-state index contributed by atoms with van der Waals surface area (Å²) < 4.78 is 34.9. The number of likely N-dealkylation sites (N-methyl/N-ethyl adjacent to an activating group) is 1. The van der Waals surface area contributed by atoms with Gasteiger partial charge in [0.15, 0.2) is 0 Å². The van der Waals surface area contributed by atoms with Gasteiger partial charge in [-0.15, -0.1) is 0 Å². The zero-order valence-electron chi connectivity index (χ0n) is 12.4. The van der Waals surface area contributed by atoms with Gasteiger partial charge < -0.3 is 14.6 Å². The first kappa shape index (κ1) is 18.1. The highest BCUT2D eigenvalue weighted by atomic mass is 32.2. The number of methoxy groups -OCH3 is 2. The average Bonchev–Trinajstić information content (AvgIpc) is 2.45. The summed E-state index contributed by atoms with van der Waals surface area (Å²) in [6.45, 7) is -0.597. The van der Waals surface area contributed by atoms with Gasteiger partial charge in [-0.3, -0.25) is 4.79 Å². The highest BCUT2D eigenvalue weighted by Crippen LogP contribution is 2.20. The first-order valence-corrected chi connectivity index (χ1v) is 7.55. The van der Waals surface area contributed by atoms with Crippen molar-refractivity contribution in [2.24, 2.45) is 0 Å². The fourth-order valence-corrected chi connectivity index (χ4v) is 2.97. The lowest BCUT2D eigenvalue weighted by Gasteiger charge is -2.16. The van der Waals surface area contributed by atoms with Gasteiger partial charge in [-0.2, -0.15) is 4.31 Å². The Bertz CT molecular complexity index is 669. The first-order valence-electron chi connectivity index (χ1n) is 6.11. The average molecular weight is 331 g/mol. The molecule has 1 aromatic rings. The molecule has 0 saturated heterocycles. The molecule has 0 atom stereocenters. The molecular weight excluding hydrogens is 314 g/mol. The molecule has 0 aliphatic carbocycles. The van der Waals surface area contributed by atoms with Gasteiger partial charge in [-0.1, -0.05) is 0 Å². The molecule has 1 aromatic carbocycles. The predicted octanol–water partition coefficient (Wildman–Crippen LogP) is 0.325. The number of esters is 1. The Labute approximate surface area is 128 Å². The van der Waals surface area contributed by atoms with Crippen LogP contribution in [0.5, 0.6) is 0 Å². The van der Waals surface area contributed by atoms with E-state index in [1.54, 1.807) is 0 Å². The molecule has 9 heteroatoms. The van der Waals surface area contributed by atoms with Crippen molar-refractivity contribution in [1.29, 1.82) is 0 Å². The van der Waals surface area contributed by atoms with Crippen LogP contribution >= 0.6 is 0 Å². The number of sulfonamides is 1. The number of rotatable bonds is 7. The molecule has 0 bridgehead atoms. The summed E-state index contributed by atoms with van der Waals surface area (Å²) in [6, 6.07) is 3.91. The van der Waals surface area contributed by atoms with E-state index >= 15 is 0 Å². The highest BCUT2D eigenvalue weighted by Gasteiger charge is 2.24. The summed E-state index contributed by atoms with van der Waals surface area (Å²) in [5, 5.41) is 8.71. The van der Waals surface area contributed by atoms with Crippen LogP contribution in [0.1, 0.15) is 15.9 Å². The van der Waals surface area contributed by atoms with Crippen molar-refractivity contribution < 1.29 is 32.6 Å². The molecule has 0 aromatic heterocycles. The van der Waals surface area contributed by atoms with Crippen molar-refractivity contribution in [3.8, 4) is 0 Å². The lowest BCUT2D eigenvalue weighted by atomic mass is 10.1. The van der Waals surface area contributed by atoms with Gasteiger partial charge in [0.05, 0.1) is 24.2 Å². The summed E-state index contributed by atoms with van der Waals surface area (Å²) in [5.74, 6) is -1.98. The van der Waals surface area contributed by atoms with Crippen LogP contribution in [0.2, 0.25) is 0 Å². The third kappa shape index (κ3) is 4.26. The van der Waals surface area contributed by atoms with Crippen LogP contribution < -0.4 is 0 Å². The van der Waals surface area contributed by atoms with Gasteiger partial charge in [-0.25, -0.2) is 13.2 Å². The SMILES string of the molecule is COCc1cc(C(=O)OC)cc(S(=O)(=O)N(C)CC(=O)O)c1. The maximum atomic E-state index is 12.4. The number of benzene rings is 1. The minimum atomic E-state index is -4.05. The molecule has 0 unspecified atom stereocenters. The highest BCUT2D eigenvalue weighted by molar-refractivity contribution is 7.89. The Hall–Kier alpha value is -1.97. The van der Waals surface area contributed by atoms with Crippen molar-refractivity contribution in [1.82, 2.24) is 4.31 Å². The van der Waals surface area contributed by atoms with E-state index in [-0.39, 0.29) is 17.1 Å². The maximum Gasteiger partial charge on any atom is 0.337 e. The molecule has 0 amide bonds. The van der Waals surface area contributed by atoms with E-state index < -0.39 is 28.5 Å². The number of nitrogens with zero attached hydrogens (tertiary/aromatic N) is 1. The molecule has 0 radical (unpaired) electrons. The molecule has 0 spiro atoms. The number of aliphatic carboxylic acids is 1. The first-order chi connectivity index (χ1) is 10.2. The number of ether oxygens (including phenoxy) is 2. The lowest BCUT2D eigenvalue weighted by molar-refractivity contribution is -0.137. The zero-order valence-corrected chi connectivity index (χ0v) is 13.2. The molecule has 0 saturated carbocycles. The summed E-state index contributed by atoms with van der Waals surface area (Å²) in [4.78, 5) is 22.1. The number of hydrogen-bond acceptors (Lipinski definition) is 6. The van der Waals surface area contributed by atoms with Gasteiger partial charge in [0.2, 0.25) is 10.0 Å². The second-order valence-corrected chi connectivity index (χ2v) is 6.49. The summed E-state index contributed by atoms with van der Waals surface area (Å²) in [7, 11) is -0.304. The van der Waals surface area contributed by atoms with Crippen LogP contribution in [0.3, 0.4) is 0 Å². The number of carbonyl (C=O) groups excluding carboxylic acids is 1. The Morgan fingerprint density at radius 2 is 1.86 bits per heavy atom. The number of carboxylic acids is 1. The number of carboxylic acid groups (broad SMARTS) is 1. The van der Waals surface area contributed by atoms with Gasteiger partial charge in [0, 0.05) is 14.2 Å². The van der Waals surface area contributed by atoms with Crippen molar-refractivity contribution in [2.45, 2.75) is 11.5 Å². The second-order valence-electron chi connectivity index (χ2n) is 4.45. The van der Waals surface area contributed by atoms with E-state index in [9.17, 15) is 18.0 Å². The topological polar surface area (TPSA) is 110 Å². The van der Waals surface area contributed by atoms with Crippen LogP contribution in [0.25, 0.3) is 0 Å². The van der Waals surface area contributed by atoms with Gasteiger partial charge in [-0.05, 0) is 23.8 Å². The van der Waals surface area contributed by atoms with E-state index in [1.807, 2.05) is 0 Å². The predicted molar refractivity (Wildman–Crippen MR) is 75.9 cm³/mol. The zero-order chi connectivity index (χ0) is 16.9. The normalized spacial score (nSPS) is 11.5. The van der Waals surface area contributed by atoms with E-state index in [0.717, 1.165) is 13.1 Å². The van der Waals surface area contributed by atoms with Gasteiger partial charge in [0.25, 0.3) is 0 Å². The minimum absolute atomic E-state index is 0.0411. The molecule has 1 N–H and O–H groups in total. The monoisotopic (exact) mass is 331 g/mol. The van der Waals surface area contributed by atoms with Crippen molar-refractivity contribution >= 4 is 22.0 Å². The Balaban J connectivity index is 3.35. The molecular formula is C13H17NO7S. The van der Waals surface area contributed by atoms with Crippen LogP contribution in [-0.2, 0) is 30.9 Å². The molecule has 22 heavy (non-hydrogen) atoms. The van der Waals surface area contributed by atoms with Crippen molar-refractivity contribution in [2.75, 3.05) is 27.8 Å². The van der Waals surface area contributed by atoms with Gasteiger partial charge >= 0.3 is 11.9 Å². The molecule has 122 valence electrons. The fraction of sp³-hybridized carbons (Fsp3) is 0.385. The third-order valence-electron chi connectivity index (χ3n) is 2.76. The van der Waals surface area contributed by atoms with Crippen molar-refractivity contribution in [3.63, 3.8) is 0 Å². The lowest BCUT2D eigenvalue weighted by Crippen LogP contribution is -2.32. The van der Waals surface area contributed by atoms with Gasteiger partial charge in [0.1, 0.15) is 6.54 Å². The van der Waals surface area contributed by atoms with Crippen LogP contribution in [0.4, 0.5) is 0 Å². The maximum absolute atomic E-state index is 12.4. The Kier molecular flexibility index (Phi) is 6.03. The molecule has 0 heterocycles. The minimum Gasteiger partial charge on any atom is -0.480 e. The van der Waals surface area contributed by atoms with Crippen molar-refractivity contribution in [3.05, 3.63) is 29.3 Å². The largest absolute Gasteiger partial charge is 0.480 e. The molecule has 0 aliphatic heterocycles. The molecule has 0 aliphatic rings. The second kappa shape index (κ2) is 7.34. The van der Waals surface area contributed by atoms with E-state index in [1.165, 1.54) is 26.4 Å². The number of carbonyl (C=O) groups is 2. The number of hydrogen-bond donors (Lipinski definition) is 1. The van der Waals surface area contributed by atoms with E-state index in [2.05, 4.69) is 4.74 Å². The molecule has 0 fully saturated rings. The smallest absolute Gasteiger partial charge is 0.337 e. The van der Waals surface area contributed by atoms with Crippen LogP contribution in [0.15, 0.2) is 23.1 Å². The van der Waals surface area contributed by atoms with E-state index in [4.69, 9.17) is 9.84 Å². The quantitative estimate of drug-likeness (QED) is 0.717. The summed E-state index contributed by atoms with van der Waals surface area (Å²) in [5.41, 5.74) is 0.493. The third-order valence-corrected chi connectivity index (χ3v) is 4.55.